The molecular formula is C22H38. The molecule has 0 heterocycles. The number of benzene rings is 1. The maximum Gasteiger partial charge on any atom is -0.0274 e. The zero-order valence-corrected chi connectivity index (χ0v) is 15.4. The van der Waals surface area contributed by atoms with Crippen LogP contribution in [0.4, 0.5) is 0 Å². The van der Waals surface area contributed by atoms with E-state index < -0.39 is 0 Å². The van der Waals surface area contributed by atoms with Gasteiger partial charge in [-0.05, 0) is 55.2 Å². The second-order valence-corrected chi connectivity index (χ2v) is 6.78. The van der Waals surface area contributed by atoms with Crippen molar-refractivity contribution >= 4 is 0 Å². The van der Waals surface area contributed by atoms with E-state index in [1.54, 1.807) is 16.7 Å². The summed E-state index contributed by atoms with van der Waals surface area (Å²) in [6, 6.07) is 7.10. The van der Waals surface area contributed by atoms with Crippen LogP contribution in [-0.2, 0) is 19.3 Å². The maximum absolute atomic E-state index is 2.40. The van der Waals surface area contributed by atoms with Gasteiger partial charge in [0.1, 0.15) is 0 Å². The van der Waals surface area contributed by atoms with E-state index in [1.807, 2.05) is 0 Å². The van der Waals surface area contributed by atoms with E-state index in [9.17, 15) is 0 Å². The van der Waals surface area contributed by atoms with Gasteiger partial charge < -0.3 is 0 Å². The first-order valence-corrected chi connectivity index (χ1v) is 9.93. The molecule has 1 rings (SSSR count). The maximum atomic E-state index is 2.40. The van der Waals surface area contributed by atoms with Crippen LogP contribution in [-0.4, -0.2) is 0 Å². The Balaban J connectivity index is 2.67. The lowest BCUT2D eigenvalue weighted by Crippen LogP contribution is -2.01. The Morgan fingerprint density at radius 1 is 0.545 bits per heavy atom. The molecule has 126 valence electrons. The summed E-state index contributed by atoms with van der Waals surface area (Å²) in [4.78, 5) is 0. The fraction of sp³-hybridized carbons (Fsp3) is 0.727. The van der Waals surface area contributed by atoms with Gasteiger partial charge in [-0.25, -0.2) is 0 Å². The summed E-state index contributed by atoms with van der Waals surface area (Å²) in [5.74, 6) is 0. The molecule has 0 aromatic heterocycles. The molecule has 0 spiro atoms. The van der Waals surface area contributed by atoms with E-state index in [2.05, 4.69) is 39.0 Å². The van der Waals surface area contributed by atoms with Gasteiger partial charge in [0.2, 0.25) is 0 Å². The van der Waals surface area contributed by atoms with Gasteiger partial charge in [-0.1, -0.05) is 83.9 Å². The number of rotatable bonds is 13. The summed E-state index contributed by atoms with van der Waals surface area (Å²) in [7, 11) is 0. The summed E-state index contributed by atoms with van der Waals surface area (Å²) in [6.45, 7) is 6.90. The number of hydrogen-bond acceptors (Lipinski definition) is 0. The van der Waals surface area contributed by atoms with Gasteiger partial charge in [0, 0.05) is 0 Å². The zero-order chi connectivity index (χ0) is 16.0. The molecule has 0 aliphatic heterocycles. The van der Waals surface area contributed by atoms with Gasteiger partial charge in [0.25, 0.3) is 0 Å². The van der Waals surface area contributed by atoms with E-state index in [4.69, 9.17) is 0 Å². The van der Waals surface area contributed by atoms with Crippen molar-refractivity contribution < 1.29 is 0 Å². The summed E-state index contributed by atoms with van der Waals surface area (Å²) in [5, 5.41) is 0. The predicted octanol–water partition coefficient (Wildman–Crippen LogP) is 7.27. The average Bonchev–Trinajstić information content (AvgIpc) is 2.54. The molecule has 0 heteroatoms. The van der Waals surface area contributed by atoms with E-state index in [1.165, 1.54) is 83.5 Å². The number of aryl methyl sites for hydroxylation is 2. The molecule has 0 unspecified atom stereocenters. The van der Waals surface area contributed by atoms with Gasteiger partial charge in [0.15, 0.2) is 0 Å². The average molecular weight is 303 g/mol. The second-order valence-electron chi connectivity index (χ2n) is 6.78. The van der Waals surface area contributed by atoms with Crippen molar-refractivity contribution in [2.24, 2.45) is 0 Å². The van der Waals surface area contributed by atoms with E-state index >= 15 is 0 Å². The Morgan fingerprint density at radius 3 is 1.50 bits per heavy atom. The minimum atomic E-state index is 1.29. The summed E-state index contributed by atoms with van der Waals surface area (Å²) >= 11 is 0. The summed E-state index contributed by atoms with van der Waals surface area (Å²) in [5.41, 5.74) is 5.01. The molecular weight excluding hydrogens is 264 g/mol. The van der Waals surface area contributed by atoms with Crippen molar-refractivity contribution in [3.63, 3.8) is 0 Å². The lowest BCUT2D eigenvalue weighted by atomic mass is 9.90. The van der Waals surface area contributed by atoms with Crippen LogP contribution in [0.3, 0.4) is 0 Å². The molecule has 0 fully saturated rings. The number of hydrogen-bond donors (Lipinski definition) is 0. The molecule has 0 atom stereocenters. The van der Waals surface area contributed by atoms with Crippen molar-refractivity contribution in [3.8, 4) is 0 Å². The smallest absolute Gasteiger partial charge is 0.0274 e. The highest BCUT2D eigenvalue weighted by Gasteiger charge is 2.08. The molecule has 22 heavy (non-hydrogen) atoms. The Labute approximate surface area is 139 Å². The molecule has 0 nitrogen and oxygen atoms in total. The third-order valence-corrected chi connectivity index (χ3v) is 4.75. The Kier molecular flexibility index (Phi) is 11.2. The van der Waals surface area contributed by atoms with E-state index in [0.717, 1.165) is 0 Å². The van der Waals surface area contributed by atoms with Gasteiger partial charge in [-0.3, -0.25) is 0 Å². The molecule has 0 saturated heterocycles. The van der Waals surface area contributed by atoms with Crippen LogP contribution >= 0.6 is 0 Å². The highest BCUT2D eigenvalue weighted by atomic mass is 14.1. The Bertz CT molecular complexity index is 347. The lowest BCUT2D eigenvalue weighted by Gasteiger charge is -2.15. The standard InChI is InChI=1S/C22H38/c1-4-7-10-12-15-20-17-14-18-21(16-13-11-8-5-2)22(20)19-9-6-3/h14,17-18H,4-13,15-16,19H2,1-3H3. The fourth-order valence-corrected chi connectivity index (χ4v) is 3.32. The van der Waals surface area contributed by atoms with Crippen LogP contribution in [0.15, 0.2) is 18.2 Å². The number of unbranched alkanes of at least 4 members (excludes halogenated alkanes) is 7. The highest BCUT2D eigenvalue weighted by molar-refractivity contribution is 5.36. The van der Waals surface area contributed by atoms with E-state index in [0.29, 0.717) is 0 Å². The third kappa shape index (κ3) is 7.47. The molecule has 1 aromatic carbocycles. The van der Waals surface area contributed by atoms with Crippen LogP contribution in [0.1, 0.15) is 102 Å². The van der Waals surface area contributed by atoms with Crippen molar-refractivity contribution in [1.29, 1.82) is 0 Å². The van der Waals surface area contributed by atoms with Crippen LogP contribution in [0.5, 0.6) is 0 Å². The summed E-state index contributed by atoms with van der Waals surface area (Å²) in [6.07, 6.45) is 17.5. The molecule has 0 amide bonds. The minimum absolute atomic E-state index is 1.29. The van der Waals surface area contributed by atoms with Gasteiger partial charge >= 0.3 is 0 Å². The monoisotopic (exact) mass is 302 g/mol. The third-order valence-electron chi connectivity index (χ3n) is 4.75. The minimum Gasteiger partial charge on any atom is -0.0654 e. The highest BCUT2D eigenvalue weighted by Crippen LogP contribution is 2.22. The zero-order valence-electron chi connectivity index (χ0n) is 15.4. The van der Waals surface area contributed by atoms with Crippen molar-refractivity contribution in [3.05, 3.63) is 34.9 Å². The molecule has 0 aliphatic rings. The topological polar surface area (TPSA) is 0 Å². The summed E-state index contributed by atoms with van der Waals surface area (Å²) < 4.78 is 0. The SMILES string of the molecule is CCCCCCc1cccc(CCCCCC)c1CCCC. The van der Waals surface area contributed by atoms with Crippen LogP contribution in [0.2, 0.25) is 0 Å². The van der Waals surface area contributed by atoms with Crippen LogP contribution < -0.4 is 0 Å². The molecule has 1 aromatic rings. The molecule has 0 aliphatic carbocycles. The normalized spacial score (nSPS) is 11.0. The molecule has 0 saturated carbocycles. The van der Waals surface area contributed by atoms with Gasteiger partial charge in [-0.2, -0.15) is 0 Å². The lowest BCUT2D eigenvalue weighted by molar-refractivity contribution is 0.652. The van der Waals surface area contributed by atoms with Gasteiger partial charge in [0.05, 0.1) is 0 Å². The fourth-order valence-electron chi connectivity index (χ4n) is 3.32. The first-order valence-electron chi connectivity index (χ1n) is 9.93. The van der Waals surface area contributed by atoms with E-state index in [-0.39, 0.29) is 0 Å². The Hall–Kier alpha value is -0.780. The van der Waals surface area contributed by atoms with Crippen molar-refractivity contribution in [2.45, 2.75) is 104 Å². The van der Waals surface area contributed by atoms with Gasteiger partial charge in [-0.15, -0.1) is 0 Å². The van der Waals surface area contributed by atoms with Crippen LogP contribution in [0.25, 0.3) is 0 Å². The molecule has 0 N–H and O–H groups in total. The van der Waals surface area contributed by atoms with Crippen molar-refractivity contribution in [1.82, 2.24) is 0 Å². The molecule has 0 bridgehead atoms. The predicted molar refractivity (Wildman–Crippen MR) is 101 cm³/mol. The largest absolute Gasteiger partial charge is 0.0654 e. The molecule has 0 radical (unpaired) electrons. The van der Waals surface area contributed by atoms with Crippen LogP contribution in [0, 0.1) is 0 Å². The first kappa shape index (κ1) is 19.3. The second kappa shape index (κ2) is 12.7. The van der Waals surface area contributed by atoms with Crippen molar-refractivity contribution in [2.75, 3.05) is 0 Å². The Morgan fingerprint density at radius 2 is 1.05 bits per heavy atom. The quantitative estimate of drug-likeness (QED) is 0.336. The first-order chi connectivity index (χ1) is 10.8.